The Morgan fingerprint density at radius 1 is 1.03 bits per heavy atom. The normalized spacial score (nSPS) is 18.3. The van der Waals surface area contributed by atoms with Gasteiger partial charge < -0.3 is 34.4 Å². The number of fused-ring (bicyclic) bond motifs is 1. The van der Waals surface area contributed by atoms with Gasteiger partial charge in [-0.1, -0.05) is 41.4 Å². The summed E-state index contributed by atoms with van der Waals surface area (Å²) in [6.07, 6.45) is 5.69. The molecule has 2 aliphatic rings. The van der Waals surface area contributed by atoms with Gasteiger partial charge in [0.05, 0.1) is 53.8 Å². The van der Waals surface area contributed by atoms with E-state index in [2.05, 4.69) is 10.3 Å². The molecule has 2 N–H and O–H groups in total. The van der Waals surface area contributed by atoms with Crippen molar-refractivity contribution in [2.24, 2.45) is 0 Å². The van der Waals surface area contributed by atoms with E-state index in [4.69, 9.17) is 52.5 Å². The van der Waals surface area contributed by atoms with E-state index in [1.54, 1.807) is 34.5 Å². The number of ether oxygens (including phenoxy) is 3. The smallest absolute Gasteiger partial charge is 0.410 e. The minimum absolute atomic E-state index is 0.0223. The topological polar surface area (TPSA) is 157 Å². The molecule has 1 saturated heterocycles. The van der Waals surface area contributed by atoms with Gasteiger partial charge in [0.2, 0.25) is 11.8 Å². The summed E-state index contributed by atoms with van der Waals surface area (Å²) >= 11 is 14.4. The number of hydrogen-bond acceptors (Lipinski definition) is 11. The number of rotatable bonds is 12. The molecule has 0 unspecified atom stereocenters. The number of aliphatic hydroxyl groups is 1. The fourth-order valence-electron chi connectivity index (χ4n) is 7.89. The van der Waals surface area contributed by atoms with Crippen LogP contribution in [0.4, 0.5) is 4.79 Å². The summed E-state index contributed by atoms with van der Waals surface area (Å²) in [7, 11) is 1.54. The maximum absolute atomic E-state index is 13.6. The lowest BCUT2D eigenvalue weighted by Crippen LogP contribution is -2.51. The zero-order valence-electron chi connectivity index (χ0n) is 35.1. The van der Waals surface area contributed by atoms with Crippen molar-refractivity contribution in [1.29, 1.82) is 0 Å². The number of nitrogens with one attached hydrogen (secondary N) is 1. The van der Waals surface area contributed by atoms with E-state index in [1.807, 2.05) is 83.3 Å². The summed E-state index contributed by atoms with van der Waals surface area (Å²) in [5.41, 5.74) is 3.70. The molecular formula is C44H52Cl2N8O6. The second-order valence-electron chi connectivity index (χ2n) is 16.7. The molecule has 0 spiro atoms. The largest absolute Gasteiger partial charge is 0.490 e. The first kappa shape index (κ1) is 43.1. The number of amides is 2. The lowest BCUT2D eigenvalue weighted by atomic mass is 9.77. The van der Waals surface area contributed by atoms with Gasteiger partial charge in [-0.25, -0.2) is 19.3 Å². The van der Waals surface area contributed by atoms with Crippen LogP contribution < -0.4 is 14.8 Å². The van der Waals surface area contributed by atoms with Crippen LogP contribution in [-0.4, -0.2) is 102 Å². The molecule has 5 aromatic rings. The van der Waals surface area contributed by atoms with Crippen molar-refractivity contribution in [1.82, 2.24) is 39.7 Å². The number of likely N-dealkylation sites (tertiary alicyclic amines) is 1. The first-order chi connectivity index (χ1) is 28.5. The molecular weight excluding hydrogens is 807 g/mol. The van der Waals surface area contributed by atoms with Crippen LogP contribution in [0, 0.1) is 0 Å². The molecule has 1 aromatic carbocycles. The Kier molecular flexibility index (Phi) is 12.6. The molecule has 0 radical (unpaired) electrons. The van der Waals surface area contributed by atoms with Crippen molar-refractivity contribution in [3.05, 3.63) is 76.3 Å². The van der Waals surface area contributed by atoms with Crippen molar-refractivity contribution >= 4 is 40.8 Å². The SMILES string of the molecule is CCOc1cc(-c2nccc(-c3cccc(-c4ccc(CN(C(=O)OC(C)(C)C)C5CCN(C(C)=O)CC5)c(OC)n4)c3Cl)c2Cl)cn2nc(CNC3CC(C)(O)C3)nc12. The molecule has 16 heteroatoms. The van der Waals surface area contributed by atoms with Crippen LogP contribution in [0.25, 0.3) is 39.3 Å². The highest BCUT2D eigenvalue weighted by molar-refractivity contribution is 6.39. The zero-order valence-corrected chi connectivity index (χ0v) is 36.6. The number of halogens is 2. The van der Waals surface area contributed by atoms with Crippen LogP contribution in [0.15, 0.2) is 54.9 Å². The van der Waals surface area contributed by atoms with Gasteiger partial charge in [-0.15, -0.1) is 5.10 Å². The standard InChI is InChI=1S/C44H52Cl2N8O6/c1-8-59-35-20-28(25-54-40(35)50-36(51-54)23-48-29-21-44(6,57)22-29)39-38(46)32(14-17-47-39)31-10-9-11-33(37(31)45)34-13-12-27(41(49-34)58-7)24-53(42(56)60-43(3,4)5)30-15-18-52(19-16-30)26(2)55/h9-14,17,20,25,29-30,48,57H,8,15-16,18-19,21-24H2,1-7H3. The Labute approximate surface area is 360 Å². The average Bonchev–Trinajstić information content (AvgIpc) is 3.61. The van der Waals surface area contributed by atoms with Gasteiger partial charge in [0, 0.05) is 72.3 Å². The first-order valence-electron chi connectivity index (χ1n) is 20.2. The molecule has 7 rings (SSSR count). The number of piperidine rings is 1. The molecule has 0 atom stereocenters. The van der Waals surface area contributed by atoms with Crippen LogP contribution in [-0.2, 0) is 22.6 Å². The molecule has 0 bridgehead atoms. The van der Waals surface area contributed by atoms with E-state index in [1.165, 1.54) is 0 Å². The van der Waals surface area contributed by atoms with Crippen LogP contribution in [0.1, 0.15) is 78.6 Å². The number of methoxy groups -OCH3 is 1. The highest BCUT2D eigenvalue weighted by Crippen LogP contribution is 2.42. The highest BCUT2D eigenvalue weighted by Gasteiger charge is 2.38. The van der Waals surface area contributed by atoms with Gasteiger partial charge in [-0.05, 0) is 84.6 Å². The molecule has 2 fully saturated rings. The van der Waals surface area contributed by atoms with E-state index in [9.17, 15) is 14.7 Å². The molecule has 1 saturated carbocycles. The van der Waals surface area contributed by atoms with Crippen LogP contribution in [0.2, 0.25) is 10.0 Å². The number of benzene rings is 1. The van der Waals surface area contributed by atoms with E-state index >= 15 is 0 Å². The number of pyridine rings is 3. The molecule has 2 amide bonds. The summed E-state index contributed by atoms with van der Waals surface area (Å²) in [4.78, 5) is 43.4. The summed E-state index contributed by atoms with van der Waals surface area (Å²) in [6, 6.07) is 13.2. The number of aromatic nitrogens is 5. The minimum atomic E-state index is -0.693. The third-order valence-electron chi connectivity index (χ3n) is 10.8. The molecule has 60 heavy (non-hydrogen) atoms. The Bertz CT molecular complexity index is 2380. The third-order valence-corrected chi connectivity index (χ3v) is 11.6. The predicted molar refractivity (Wildman–Crippen MR) is 230 cm³/mol. The Balaban J connectivity index is 1.16. The summed E-state index contributed by atoms with van der Waals surface area (Å²) in [6.45, 7) is 13.0. The monoisotopic (exact) mass is 858 g/mol. The fourth-order valence-corrected chi connectivity index (χ4v) is 8.54. The van der Waals surface area contributed by atoms with Gasteiger partial charge in [0.1, 0.15) is 5.60 Å². The summed E-state index contributed by atoms with van der Waals surface area (Å²) in [5.74, 6) is 1.51. The summed E-state index contributed by atoms with van der Waals surface area (Å²) in [5, 5.41) is 19.1. The molecule has 1 aliphatic carbocycles. The molecule has 318 valence electrons. The fraction of sp³-hybridized carbons (Fsp3) is 0.455. The van der Waals surface area contributed by atoms with E-state index in [-0.39, 0.29) is 24.5 Å². The number of nitrogens with zero attached hydrogens (tertiary/aromatic N) is 7. The predicted octanol–water partition coefficient (Wildman–Crippen LogP) is 7.99. The maximum Gasteiger partial charge on any atom is 0.410 e. The molecule has 1 aliphatic heterocycles. The number of carbonyl (C=O) groups excluding carboxylic acids is 2. The Morgan fingerprint density at radius 2 is 1.75 bits per heavy atom. The van der Waals surface area contributed by atoms with Gasteiger partial charge in [-0.3, -0.25) is 9.78 Å². The van der Waals surface area contributed by atoms with E-state index in [0.717, 1.165) is 0 Å². The third kappa shape index (κ3) is 9.46. The van der Waals surface area contributed by atoms with Crippen molar-refractivity contribution in [3.63, 3.8) is 0 Å². The second-order valence-corrected chi connectivity index (χ2v) is 17.5. The van der Waals surface area contributed by atoms with Gasteiger partial charge in [-0.2, -0.15) is 0 Å². The van der Waals surface area contributed by atoms with Crippen molar-refractivity contribution in [2.75, 3.05) is 26.8 Å². The Morgan fingerprint density at radius 3 is 2.42 bits per heavy atom. The van der Waals surface area contributed by atoms with Crippen LogP contribution >= 0.6 is 23.2 Å². The lowest BCUT2D eigenvalue weighted by Gasteiger charge is -2.41. The van der Waals surface area contributed by atoms with Gasteiger partial charge >= 0.3 is 6.09 Å². The van der Waals surface area contributed by atoms with E-state index in [0.29, 0.717) is 124 Å². The lowest BCUT2D eigenvalue weighted by molar-refractivity contribution is -0.130. The summed E-state index contributed by atoms with van der Waals surface area (Å²) < 4.78 is 19.3. The number of carbonyl (C=O) groups is 2. The zero-order chi connectivity index (χ0) is 42.9. The molecule has 4 aromatic heterocycles. The van der Waals surface area contributed by atoms with Gasteiger partial charge in [0.25, 0.3) is 0 Å². The van der Waals surface area contributed by atoms with Crippen LogP contribution in [0.3, 0.4) is 0 Å². The minimum Gasteiger partial charge on any atom is -0.490 e. The molecule has 5 heterocycles. The highest BCUT2D eigenvalue weighted by atomic mass is 35.5. The number of hydrogen-bond donors (Lipinski definition) is 2. The quantitative estimate of drug-likeness (QED) is 0.125. The van der Waals surface area contributed by atoms with Gasteiger partial charge in [0.15, 0.2) is 17.2 Å². The second kappa shape index (κ2) is 17.5. The van der Waals surface area contributed by atoms with Crippen LogP contribution in [0.5, 0.6) is 11.6 Å². The van der Waals surface area contributed by atoms with Crippen molar-refractivity contribution in [3.8, 4) is 45.3 Å². The maximum atomic E-state index is 13.6. The Hall–Kier alpha value is -5.02. The first-order valence-corrected chi connectivity index (χ1v) is 21.0. The van der Waals surface area contributed by atoms with Crippen molar-refractivity contribution < 1.29 is 28.9 Å². The van der Waals surface area contributed by atoms with E-state index < -0.39 is 17.3 Å². The molecule has 14 nitrogen and oxygen atoms in total. The average molecular weight is 860 g/mol. The van der Waals surface area contributed by atoms with Crippen molar-refractivity contribution in [2.45, 2.75) is 104 Å².